The van der Waals surface area contributed by atoms with Gasteiger partial charge in [-0.3, -0.25) is 14.3 Å². The Bertz CT molecular complexity index is 1100. The smallest absolute Gasteiger partial charge is 0.303 e. The number of fused-ring (bicyclic) bond motifs is 1. The van der Waals surface area contributed by atoms with Crippen molar-refractivity contribution in [3.8, 4) is 0 Å². The zero-order valence-electron chi connectivity index (χ0n) is 14.9. The topological polar surface area (TPSA) is 97.1 Å². The normalized spacial score (nSPS) is 12.2. The maximum absolute atomic E-state index is 12.1. The summed E-state index contributed by atoms with van der Waals surface area (Å²) in [5.41, 5.74) is 4.39. The van der Waals surface area contributed by atoms with E-state index in [0.717, 1.165) is 11.3 Å². The van der Waals surface area contributed by atoms with E-state index in [-0.39, 0.29) is 0 Å². The lowest BCUT2D eigenvalue weighted by Gasteiger charge is -2.04. The number of benzene rings is 1. The zero-order valence-corrected chi connectivity index (χ0v) is 14.9. The van der Waals surface area contributed by atoms with Crippen LogP contribution in [-0.2, 0) is 13.6 Å². The van der Waals surface area contributed by atoms with E-state index in [2.05, 4.69) is 20.5 Å². The predicted molar refractivity (Wildman–Crippen MR) is 103 cm³/mol. The molecule has 0 amide bonds. The highest BCUT2D eigenvalue weighted by atomic mass is 16.2. The number of rotatable bonds is 5. The number of imidazole rings is 1. The first kappa shape index (κ1) is 17.4. The van der Waals surface area contributed by atoms with Crippen molar-refractivity contribution in [2.24, 2.45) is 12.1 Å². The Balaban J connectivity index is 1.92. The van der Waals surface area contributed by atoms with E-state index in [1.165, 1.54) is 4.57 Å². The standard InChI is InChI=1S/C18H20N6O2/c1-4-24-14-15(23(3)18(26)20-16(14)25)19-17(24)22-21-12(2)10-11-13-8-6-5-7-9-13/h5-11H,4H2,1-3H3,(H,19,22)(H,20,25,26)/b11-10+,21-12?. The second-order valence-corrected chi connectivity index (χ2v) is 5.78. The lowest BCUT2D eigenvalue weighted by molar-refractivity contribution is 0.781. The maximum Gasteiger partial charge on any atom is 0.329 e. The van der Waals surface area contributed by atoms with Crippen molar-refractivity contribution in [2.45, 2.75) is 20.4 Å². The second-order valence-electron chi connectivity index (χ2n) is 5.78. The summed E-state index contributed by atoms with van der Waals surface area (Å²) >= 11 is 0. The number of aromatic nitrogens is 4. The minimum absolute atomic E-state index is 0.316. The summed E-state index contributed by atoms with van der Waals surface area (Å²) in [6.07, 6.45) is 3.83. The molecule has 2 heterocycles. The summed E-state index contributed by atoms with van der Waals surface area (Å²) in [6.45, 7) is 4.26. The van der Waals surface area contributed by atoms with Gasteiger partial charge in [0.1, 0.15) is 0 Å². The molecule has 0 fully saturated rings. The Hall–Kier alpha value is -3.42. The molecule has 0 bridgehead atoms. The second kappa shape index (κ2) is 7.22. The van der Waals surface area contributed by atoms with Crippen molar-refractivity contribution in [3.63, 3.8) is 0 Å². The van der Waals surface area contributed by atoms with Gasteiger partial charge in [0.25, 0.3) is 5.56 Å². The van der Waals surface area contributed by atoms with Crippen molar-refractivity contribution >= 4 is 28.9 Å². The van der Waals surface area contributed by atoms with E-state index in [1.54, 1.807) is 11.6 Å². The number of nitrogens with zero attached hydrogens (tertiary/aromatic N) is 4. The van der Waals surface area contributed by atoms with Gasteiger partial charge < -0.3 is 4.57 Å². The molecule has 3 rings (SSSR count). The van der Waals surface area contributed by atoms with Gasteiger partial charge in [-0.15, -0.1) is 0 Å². The first-order chi connectivity index (χ1) is 12.5. The fourth-order valence-electron chi connectivity index (χ4n) is 2.58. The lowest BCUT2D eigenvalue weighted by Crippen LogP contribution is -2.29. The van der Waals surface area contributed by atoms with Gasteiger partial charge in [0.2, 0.25) is 5.95 Å². The van der Waals surface area contributed by atoms with Crippen LogP contribution in [0.25, 0.3) is 17.2 Å². The molecule has 0 atom stereocenters. The van der Waals surface area contributed by atoms with Crippen LogP contribution >= 0.6 is 0 Å². The predicted octanol–water partition coefficient (Wildman–Crippen LogP) is 1.94. The van der Waals surface area contributed by atoms with Crippen LogP contribution in [0.1, 0.15) is 19.4 Å². The van der Waals surface area contributed by atoms with Crippen molar-refractivity contribution < 1.29 is 0 Å². The van der Waals surface area contributed by atoms with Crippen LogP contribution < -0.4 is 16.7 Å². The van der Waals surface area contributed by atoms with Gasteiger partial charge in [-0.1, -0.05) is 36.4 Å². The van der Waals surface area contributed by atoms with Gasteiger partial charge in [-0.2, -0.15) is 10.1 Å². The van der Waals surface area contributed by atoms with Crippen LogP contribution in [0.15, 0.2) is 51.1 Å². The highest BCUT2D eigenvalue weighted by molar-refractivity contribution is 5.96. The number of hydrogen-bond donors (Lipinski definition) is 2. The molecule has 2 N–H and O–H groups in total. The molecular formula is C18H20N6O2. The minimum atomic E-state index is -0.500. The molecule has 8 nitrogen and oxygen atoms in total. The largest absolute Gasteiger partial charge is 0.329 e. The molecule has 134 valence electrons. The van der Waals surface area contributed by atoms with E-state index in [4.69, 9.17) is 0 Å². The third-order valence-electron chi connectivity index (χ3n) is 3.97. The summed E-state index contributed by atoms with van der Waals surface area (Å²) in [4.78, 5) is 30.5. The van der Waals surface area contributed by atoms with Gasteiger partial charge in [-0.25, -0.2) is 10.2 Å². The van der Waals surface area contributed by atoms with Crippen molar-refractivity contribution in [1.29, 1.82) is 0 Å². The fourth-order valence-corrected chi connectivity index (χ4v) is 2.58. The number of hydrazone groups is 1. The van der Waals surface area contributed by atoms with Crippen LogP contribution in [0.5, 0.6) is 0 Å². The summed E-state index contributed by atoms with van der Waals surface area (Å²) in [7, 11) is 1.56. The molecule has 26 heavy (non-hydrogen) atoms. The van der Waals surface area contributed by atoms with E-state index in [1.807, 2.05) is 56.3 Å². The summed E-state index contributed by atoms with van der Waals surface area (Å²) in [5.74, 6) is 0.404. The molecule has 0 unspecified atom stereocenters. The van der Waals surface area contributed by atoms with Gasteiger partial charge in [-0.05, 0) is 25.5 Å². The summed E-state index contributed by atoms with van der Waals surface area (Å²) < 4.78 is 2.99. The van der Waals surface area contributed by atoms with Crippen molar-refractivity contribution in [3.05, 3.63) is 62.8 Å². The molecule has 0 radical (unpaired) electrons. The van der Waals surface area contributed by atoms with Gasteiger partial charge in [0.05, 0.1) is 5.71 Å². The lowest BCUT2D eigenvalue weighted by atomic mass is 10.2. The van der Waals surface area contributed by atoms with Gasteiger partial charge in [0.15, 0.2) is 11.2 Å². The van der Waals surface area contributed by atoms with Crippen LogP contribution in [0.4, 0.5) is 5.95 Å². The zero-order chi connectivity index (χ0) is 18.7. The maximum atomic E-state index is 12.1. The molecule has 2 aromatic heterocycles. The first-order valence-corrected chi connectivity index (χ1v) is 8.24. The third kappa shape index (κ3) is 3.34. The van der Waals surface area contributed by atoms with Crippen molar-refractivity contribution in [1.82, 2.24) is 19.1 Å². The number of aromatic amines is 1. The number of hydrogen-bond acceptors (Lipinski definition) is 5. The Morgan fingerprint density at radius 1 is 1.31 bits per heavy atom. The monoisotopic (exact) mass is 352 g/mol. The van der Waals surface area contributed by atoms with Crippen LogP contribution in [-0.4, -0.2) is 24.8 Å². The Morgan fingerprint density at radius 3 is 2.73 bits per heavy atom. The van der Waals surface area contributed by atoms with E-state index in [0.29, 0.717) is 23.7 Å². The van der Waals surface area contributed by atoms with Crippen LogP contribution in [0.2, 0.25) is 0 Å². The highest BCUT2D eigenvalue weighted by Crippen LogP contribution is 2.15. The number of H-pyrrole nitrogens is 1. The first-order valence-electron chi connectivity index (χ1n) is 8.24. The minimum Gasteiger partial charge on any atom is -0.303 e. The third-order valence-corrected chi connectivity index (χ3v) is 3.97. The van der Waals surface area contributed by atoms with Gasteiger partial charge in [0, 0.05) is 13.6 Å². The number of allylic oxidation sites excluding steroid dienone is 1. The highest BCUT2D eigenvalue weighted by Gasteiger charge is 2.15. The van der Waals surface area contributed by atoms with E-state index in [9.17, 15) is 9.59 Å². The Kier molecular flexibility index (Phi) is 4.83. The average molecular weight is 352 g/mol. The average Bonchev–Trinajstić information content (AvgIpc) is 3.03. The molecule has 0 aliphatic carbocycles. The Morgan fingerprint density at radius 2 is 2.04 bits per heavy atom. The van der Waals surface area contributed by atoms with Crippen LogP contribution in [0.3, 0.4) is 0 Å². The quantitative estimate of drug-likeness (QED) is 0.542. The number of nitrogens with one attached hydrogen (secondary N) is 2. The SMILES string of the molecule is CCn1c(NN=C(C)/C=C/c2ccccc2)nc2c1c(=O)[nH]c(=O)n2C. The van der Waals surface area contributed by atoms with Crippen LogP contribution in [0, 0.1) is 0 Å². The molecule has 0 aliphatic heterocycles. The summed E-state index contributed by atoms with van der Waals surface area (Å²) in [5, 5.41) is 4.29. The molecule has 0 saturated heterocycles. The molecule has 0 saturated carbocycles. The molecular weight excluding hydrogens is 332 g/mol. The van der Waals surface area contributed by atoms with Crippen molar-refractivity contribution in [2.75, 3.05) is 5.43 Å². The Labute approximate surface area is 149 Å². The van der Waals surface area contributed by atoms with Gasteiger partial charge >= 0.3 is 5.69 Å². The molecule has 1 aromatic carbocycles. The van der Waals surface area contributed by atoms with E-state index >= 15 is 0 Å². The van der Waals surface area contributed by atoms with E-state index < -0.39 is 11.2 Å². The molecule has 8 heteroatoms. The number of aryl methyl sites for hydroxylation is 2. The number of anilines is 1. The molecule has 0 spiro atoms. The molecule has 3 aromatic rings. The molecule has 0 aliphatic rings. The fraction of sp³-hybridized carbons (Fsp3) is 0.222. The summed E-state index contributed by atoms with van der Waals surface area (Å²) in [6, 6.07) is 9.90.